The number of thiophene rings is 1. The molecule has 0 spiro atoms. The van der Waals surface area contributed by atoms with Crippen molar-refractivity contribution in [1.82, 2.24) is 5.32 Å². The van der Waals surface area contributed by atoms with E-state index in [-0.39, 0.29) is 0 Å². The maximum atomic E-state index is 12.4. The highest BCUT2D eigenvalue weighted by molar-refractivity contribution is 9.11. The predicted octanol–water partition coefficient (Wildman–Crippen LogP) is 3.73. The molecule has 0 aliphatic carbocycles. The van der Waals surface area contributed by atoms with Gasteiger partial charge in [0.15, 0.2) is 0 Å². The van der Waals surface area contributed by atoms with Gasteiger partial charge in [-0.1, -0.05) is 19.1 Å². The molecule has 0 atom stereocenters. The zero-order chi connectivity index (χ0) is 15.5. The first-order chi connectivity index (χ1) is 9.92. The number of anilines is 1. The topological polar surface area (TPSA) is 58.2 Å². The molecule has 0 saturated heterocycles. The molecule has 0 aliphatic rings. The van der Waals surface area contributed by atoms with Gasteiger partial charge in [-0.2, -0.15) is 0 Å². The lowest BCUT2D eigenvalue weighted by Crippen LogP contribution is -2.13. The second-order valence-electron chi connectivity index (χ2n) is 4.61. The molecular formula is C14H17BrN2O2S2. The average molecular weight is 389 g/mol. The van der Waals surface area contributed by atoms with Crippen LogP contribution in [0.3, 0.4) is 0 Å². The van der Waals surface area contributed by atoms with E-state index < -0.39 is 10.0 Å². The standard InChI is InChI=1S/C14H17BrN2O2S2/c1-3-16-9-11-5-4-6-12(8-11)17-21(18,19)13-7-10(2)14(15)20-13/h4-8,16-17H,3,9H2,1-2H3. The molecule has 0 amide bonds. The van der Waals surface area contributed by atoms with Gasteiger partial charge in [0, 0.05) is 12.2 Å². The Hall–Kier alpha value is -0.890. The molecular weight excluding hydrogens is 372 g/mol. The van der Waals surface area contributed by atoms with Gasteiger partial charge in [-0.3, -0.25) is 4.72 Å². The van der Waals surface area contributed by atoms with Gasteiger partial charge in [-0.05, 0) is 58.7 Å². The SMILES string of the molecule is CCNCc1cccc(NS(=O)(=O)c2cc(C)c(Br)s2)c1. The fraction of sp³-hybridized carbons (Fsp3) is 0.286. The maximum Gasteiger partial charge on any atom is 0.271 e. The Morgan fingerprint density at radius 3 is 2.67 bits per heavy atom. The van der Waals surface area contributed by atoms with Crippen LogP contribution in [0.2, 0.25) is 0 Å². The van der Waals surface area contributed by atoms with Crippen molar-refractivity contribution in [3.63, 3.8) is 0 Å². The number of halogens is 1. The highest BCUT2D eigenvalue weighted by Crippen LogP contribution is 2.31. The first-order valence-corrected chi connectivity index (χ1v) is 9.60. The van der Waals surface area contributed by atoms with Gasteiger partial charge in [-0.15, -0.1) is 11.3 Å². The molecule has 4 nitrogen and oxygen atoms in total. The van der Waals surface area contributed by atoms with Gasteiger partial charge in [-0.25, -0.2) is 8.42 Å². The van der Waals surface area contributed by atoms with Crippen LogP contribution in [0.15, 0.2) is 38.3 Å². The quantitative estimate of drug-likeness (QED) is 0.792. The molecule has 114 valence electrons. The van der Waals surface area contributed by atoms with E-state index in [1.54, 1.807) is 12.1 Å². The molecule has 0 saturated carbocycles. The van der Waals surface area contributed by atoms with Crippen LogP contribution < -0.4 is 10.0 Å². The van der Waals surface area contributed by atoms with Crippen molar-refractivity contribution in [3.8, 4) is 0 Å². The van der Waals surface area contributed by atoms with Gasteiger partial charge in [0.25, 0.3) is 10.0 Å². The van der Waals surface area contributed by atoms with Gasteiger partial charge in [0.05, 0.1) is 3.79 Å². The fourth-order valence-electron chi connectivity index (χ4n) is 1.78. The van der Waals surface area contributed by atoms with Crippen molar-refractivity contribution in [2.45, 2.75) is 24.6 Å². The summed E-state index contributed by atoms with van der Waals surface area (Å²) in [5.41, 5.74) is 2.54. The molecule has 2 rings (SSSR count). The Labute approximate surface area is 137 Å². The molecule has 2 N–H and O–H groups in total. The average Bonchev–Trinajstić information content (AvgIpc) is 2.77. The third kappa shape index (κ3) is 4.29. The number of hydrogen-bond donors (Lipinski definition) is 2. The highest BCUT2D eigenvalue weighted by Gasteiger charge is 2.18. The van der Waals surface area contributed by atoms with Crippen LogP contribution in [0.4, 0.5) is 5.69 Å². The van der Waals surface area contributed by atoms with E-state index in [9.17, 15) is 8.42 Å². The minimum atomic E-state index is -3.53. The van der Waals surface area contributed by atoms with Crippen LogP contribution in [-0.2, 0) is 16.6 Å². The monoisotopic (exact) mass is 388 g/mol. The first kappa shape index (κ1) is 16.5. The number of rotatable bonds is 6. The molecule has 0 aliphatic heterocycles. The number of benzene rings is 1. The summed E-state index contributed by atoms with van der Waals surface area (Å²) in [6, 6.07) is 9.07. The van der Waals surface area contributed by atoms with Crippen molar-refractivity contribution in [2.24, 2.45) is 0 Å². The smallest absolute Gasteiger partial charge is 0.271 e. The van der Waals surface area contributed by atoms with E-state index in [0.717, 1.165) is 28.0 Å². The van der Waals surface area contributed by atoms with Crippen molar-refractivity contribution in [3.05, 3.63) is 45.2 Å². The van der Waals surface area contributed by atoms with Crippen molar-refractivity contribution in [2.75, 3.05) is 11.3 Å². The fourth-order valence-corrected chi connectivity index (χ4v) is 5.06. The van der Waals surface area contributed by atoms with E-state index in [4.69, 9.17) is 0 Å². The molecule has 1 aromatic carbocycles. The number of hydrogen-bond acceptors (Lipinski definition) is 4. The Morgan fingerprint density at radius 2 is 2.05 bits per heavy atom. The van der Waals surface area contributed by atoms with E-state index in [1.165, 1.54) is 11.3 Å². The molecule has 7 heteroatoms. The van der Waals surface area contributed by atoms with Crippen LogP contribution in [-0.4, -0.2) is 15.0 Å². The largest absolute Gasteiger partial charge is 0.313 e. The summed E-state index contributed by atoms with van der Waals surface area (Å²) in [6.07, 6.45) is 0. The van der Waals surface area contributed by atoms with E-state index >= 15 is 0 Å². The number of sulfonamides is 1. The first-order valence-electron chi connectivity index (χ1n) is 6.51. The van der Waals surface area contributed by atoms with Crippen molar-refractivity contribution < 1.29 is 8.42 Å². The van der Waals surface area contributed by atoms with Crippen LogP contribution in [0.25, 0.3) is 0 Å². The minimum absolute atomic E-state index is 0.309. The van der Waals surface area contributed by atoms with Gasteiger partial charge >= 0.3 is 0 Å². The summed E-state index contributed by atoms with van der Waals surface area (Å²) >= 11 is 4.56. The maximum absolute atomic E-state index is 12.4. The minimum Gasteiger partial charge on any atom is -0.313 e. The van der Waals surface area contributed by atoms with Gasteiger partial charge in [0.2, 0.25) is 0 Å². The molecule has 1 aromatic heterocycles. The lowest BCUT2D eigenvalue weighted by Gasteiger charge is -2.08. The molecule has 0 fully saturated rings. The molecule has 1 heterocycles. The third-order valence-corrected chi connectivity index (χ3v) is 6.85. The normalized spacial score (nSPS) is 11.6. The van der Waals surface area contributed by atoms with Gasteiger partial charge in [0.1, 0.15) is 4.21 Å². The van der Waals surface area contributed by atoms with Crippen molar-refractivity contribution >= 4 is 43.0 Å². The number of nitrogens with one attached hydrogen (secondary N) is 2. The molecule has 21 heavy (non-hydrogen) atoms. The lowest BCUT2D eigenvalue weighted by atomic mass is 10.2. The summed E-state index contributed by atoms with van der Waals surface area (Å²) in [5.74, 6) is 0. The molecule has 2 aromatic rings. The Balaban J connectivity index is 2.20. The molecule has 0 radical (unpaired) electrons. The summed E-state index contributed by atoms with van der Waals surface area (Å²) in [5, 5.41) is 3.22. The summed E-state index contributed by atoms with van der Waals surface area (Å²) < 4.78 is 28.5. The summed E-state index contributed by atoms with van der Waals surface area (Å²) in [7, 11) is -3.53. The van der Waals surface area contributed by atoms with Gasteiger partial charge < -0.3 is 5.32 Å². The summed E-state index contributed by atoms with van der Waals surface area (Å²) in [6.45, 7) is 5.49. The molecule has 0 unspecified atom stereocenters. The van der Waals surface area contributed by atoms with Crippen LogP contribution in [0.1, 0.15) is 18.1 Å². The summed E-state index contributed by atoms with van der Waals surface area (Å²) in [4.78, 5) is 0. The predicted molar refractivity (Wildman–Crippen MR) is 91.4 cm³/mol. The second kappa shape index (κ2) is 6.91. The lowest BCUT2D eigenvalue weighted by molar-refractivity contribution is 0.603. The van der Waals surface area contributed by atoms with Crippen LogP contribution >= 0.6 is 27.3 Å². The van der Waals surface area contributed by atoms with Crippen LogP contribution in [0.5, 0.6) is 0 Å². The Morgan fingerprint density at radius 1 is 1.29 bits per heavy atom. The Bertz CT molecular complexity index is 707. The second-order valence-corrected chi connectivity index (χ2v) is 8.89. The van der Waals surface area contributed by atoms with E-state index in [1.807, 2.05) is 32.0 Å². The zero-order valence-corrected chi connectivity index (χ0v) is 15.0. The van der Waals surface area contributed by atoms with Crippen LogP contribution in [0, 0.1) is 6.92 Å². The Kier molecular flexibility index (Phi) is 5.43. The van der Waals surface area contributed by atoms with E-state index in [0.29, 0.717) is 9.90 Å². The third-order valence-electron chi connectivity index (χ3n) is 2.86. The highest BCUT2D eigenvalue weighted by atomic mass is 79.9. The number of aryl methyl sites for hydroxylation is 1. The van der Waals surface area contributed by atoms with Crippen molar-refractivity contribution in [1.29, 1.82) is 0 Å². The van der Waals surface area contributed by atoms with E-state index in [2.05, 4.69) is 26.0 Å². The zero-order valence-electron chi connectivity index (χ0n) is 11.8. The molecule has 0 bridgehead atoms.